The summed E-state index contributed by atoms with van der Waals surface area (Å²) in [5.74, 6) is 2.03. The van der Waals surface area contributed by atoms with E-state index in [-0.39, 0.29) is 23.4 Å². The summed E-state index contributed by atoms with van der Waals surface area (Å²) in [6, 6.07) is 6.10. The molecule has 1 aliphatic carbocycles. The van der Waals surface area contributed by atoms with Gasteiger partial charge in [-0.3, -0.25) is 14.5 Å². The maximum absolute atomic E-state index is 14.0. The molecule has 2 heterocycles. The molecule has 0 radical (unpaired) electrons. The maximum Gasteiger partial charge on any atom is 0.256 e. The predicted octanol–water partition coefficient (Wildman–Crippen LogP) is 2.72. The highest BCUT2D eigenvalue weighted by atomic mass is 32.2. The topological polar surface area (TPSA) is 43.9 Å². The third-order valence-electron chi connectivity index (χ3n) is 6.52. The van der Waals surface area contributed by atoms with Gasteiger partial charge >= 0.3 is 0 Å². The van der Waals surface area contributed by atoms with Gasteiger partial charge in [0.2, 0.25) is 5.91 Å². The van der Waals surface area contributed by atoms with Gasteiger partial charge in [0.1, 0.15) is 5.82 Å². The fourth-order valence-electron chi connectivity index (χ4n) is 4.91. The fraction of sp³-hybridized carbons (Fsp3) is 0.636. The summed E-state index contributed by atoms with van der Waals surface area (Å²) in [4.78, 5) is 32.2. The van der Waals surface area contributed by atoms with Gasteiger partial charge in [-0.15, -0.1) is 0 Å². The summed E-state index contributed by atoms with van der Waals surface area (Å²) in [6.45, 7) is 4.13. The van der Waals surface area contributed by atoms with Gasteiger partial charge in [0.25, 0.3) is 5.91 Å². The summed E-state index contributed by atoms with van der Waals surface area (Å²) in [5, 5.41) is 0. The highest BCUT2D eigenvalue weighted by molar-refractivity contribution is 7.99. The van der Waals surface area contributed by atoms with Crippen molar-refractivity contribution < 1.29 is 14.0 Å². The smallest absolute Gasteiger partial charge is 0.256 e. The summed E-state index contributed by atoms with van der Waals surface area (Å²) in [6.07, 6.45) is 4.65. The lowest BCUT2D eigenvalue weighted by atomic mass is 9.94. The van der Waals surface area contributed by atoms with Gasteiger partial charge in [-0.05, 0) is 30.9 Å². The first kappa shape index (κ1) is 20.7. The number of benzene rings is 1. The van der Waals surface area contributed by atoms with Crippen LogP contribution in [0.25, 0.3) is 0 Å². The van der Waals surface area contributed by atoms with Crippen LogP contribution in [0.1, 0.15) is 36.0 Å². The molecule has 5 nitrogen and oxygen atoms in total. The Kier molecular flexibility index (Phi) is 6.75. The molecule has 3 aliphatic rings. The summed E-state index contributed by atoms with van der Waals surface area (Å²) < 4.78 is 14.0. The Hall–Kier alpha value is -1.60. The van der Waals surface area contributed by atoms with Crippen molar-refractivity contribution in [2.75, 3.05) is 50.8 Å². The molecule has 4 rings (SSSR count). The van der Waals surface area contributed by atoms with E-state index in [1.165, 1.54) is 18.9 Å². The quantitative estimate of drug-likeness (QED) is 0.753. The number of piperazine rings is 1. The summed E-state index contributed by atoms with van der Waals surface area (Å²) in [5.41, 5.74) is 0.134. The van der Waals surface area contributed by atoms with Gasteiger partial charge in [0, 0.05) is 50.8 Å². The lowest BCUT2D eigenvalue weighted by molar-refractivity contribution is -0.139. The SMILES string of the molecule is O=C(c1ccccc1F)N1CCN(C(C(=O)N2CCSCC2)C2CCCC2)CC1. The molecule has 0 spiro atoms. The second-order valence-electron chi connectivity index (χ2n) is 8.24. The number of amides is 2. The average Bonchev–Trinajstić information content (AvgIpc) is 3.29. The van der Waals surface area contributed by atoms with Crippen molar-refractivity contribution in [1.29, 1.82) is 0 Å². The lowest BCUT2D eigenvalue weighted by Crippen LogP contribution is -2.59. The molecule has 2 amide bonds. The normalized spacial score (nSPS) is 22.7. The molecule has 1 atom stereocenters. The Morgan fingerprint density at radius 2 is 1.59 bits per heavy atom. The molecule has 158 valence electrons. The molecule has 2 aliphatic heterocycles. The molecule has 1 saturated carbocycles. The molecule has 0 bridgehead atoms. The number of nitrogens with zero attached hydrogens (tertiary/aromatic N) is 3. The highest BCUT2D eigenvalue weighted by Gasteiger charge is 2.39. The van der Waals surface area contributed by atoms with Crippen molar-refractivity contribution >= 4 is 23.6 Å². The summed E-state index contributed by atoms with van der Waals surface area (Å²) >= 11 is 1.92. The first-order valence-electron chi connectivity index (χ1n) is 10.8. The van der Waals surface area contributed by atoms with Crippen molar-refractivity contribution in [2.24, 2.45) is 5.92 Å². The van der Waals surface area contributed by atoms with Crippen molar-refractivity contribution in [2.45, 2.75) is 31.7 Å². The standard InChI is InChI=1S/C22H30FN3O2S/c23-19-8-4-3-7-18(19)21(27)25-11-9-24(10-12-25)20(17-5-1-2-6-17)22(28)26-13-15-29-16-14-26/h3-4,7-8,17,20H,1-2,5-6,9-16H2. The van der Waals surface area contributed by atoms with Crippen molar-refractivity contribution in [3.8, 4) is 0 Å². The van der Waals surface area contributed by atoms with Crippen LogP contribution in [-0.4, -0.2) is 83.3 Å². The van der Waals surface area contributed by atoms with Crippen molar-refractivity contribution in [1.82, 2.24) is 14.7 Å². The van der Waals surface area contributed by atoms with E-state index in [1.54, 1.807) is 23.1 Å². The number of halogens is 1. The predicted molar refractivity (Wildman–Crippen MR) is 114 cm³/mol. The molecular formula is C22H30FN3O2S. The average molecular weight is 420 g/mol. The zero-order valence-corrected chi connectivity index (χ0v) is 17.7. The van der Waals surface area contributed by atoms with E-state index >= 15 is 0 Å². The van der Waals surface area contributed by atoms with E-state index in [1.807, 2.05) is 11.8 Å². The second kappa shape index (κ2) is 9.47. The molecule has 0 aromatic heterocycles. The minimum atomic E-state index is -0.470. The van der Waals surface area contributed by atoms with Crippen LogP contribution in [0.15, 0.2) is 24.3 Å². The Balaban J connectivity index is 1.43. The maximum atomic E-state index is 14.0. The van der Waals surface area contributed by atoms with E-state index in [0.29, 0.717) is 32.1 Å². The third kappa shape index (κ3) is 4.61. The monoisotopic (exact) mass is 419 g/mol. The zero-order chi connectivity index (χ0) is 20.2. The molecule has 2 saturated heterocycles. The molecule has 3 fully saturated rings. The first-order chi connectivity index (χ1) is 14.1. The second-order valence-corrected chi connectivity index (χ2v) is 9.46. The van der Waals surface area contributed by atoms with Gasteiger partial charge in [0.05, 0.1) is 11.6 Å². The molecule has 0 N–H and O–H groups in total. The first-order valence-corrected chi connectivity index (χ1v) is 11.9. The van der Waals surface area contributed by atoms with E-state index < -0.39 is 5.82 Å². The van der Waals surface area contributed by atoms with Gasteiger partial charge in [-0.1, -0.05) is 25.0 Å². The number of carbonyl (C=O) groups excluding carboxylic acids is 2. The van der Waals surface area contributed by atoms with Crippen LogP contribution in [0.2, 0.25) is 0 Å². The van der Waals surface area contributed by atoms with Crippen LogP contribution in [0, 0.1) is 11.7 Å². The van der Waals surface area contributed by atoms with Crippen molar-refractivity contribution in [3.63, 3.8) is 0 Å². The minimum Gasteiger partial charge on any atom is -0.340 e. The molecular weight excluding hydrogens is 389 g/mol. The van der Waals surface area contributed by atoms with Crippen LogP contribution in [-0.2, 0) is 4.79 Å². The Morgan fingerprint density at radius 3 is 2.24 bits per heavy atom. The van der Waals surface area contributed by atoms with Gasteiger partial charge < -0.3 is 9.80 Å². The molecule has 1 aromatic carbocycles. The molecule has 1 aromatic rings. The highest BCUT2D eigenvalue weighted by Crippen LogP contribution is 2.32. The van der Waals surface area contributed by atoms with Crippen LogP contribution in [0.5, 0.6) is 0 Å². The minimum absolute atomic E-state index is 0.0636. The van der Waals surface area contributed by atoms with Crippen LogP contribution < -0.4 is 0 Å². The van der Waals surface area contributed by atoms with Crippen LogP contribution in [0.4, 0.5) is 4.39 Å². The Bertz CT molecular complexity index is 727. The number of carbonyl (C=O) groups is 2. The number of rotatable bonds is 4. The van der Waals surface area contributed by atoms with Crippen molar-refractivity contribution in [3.05, 3.63) is 35.6 Å². The molecule has 1 unspecified atom stereocenters. The van der Waals surface area contributed by atoms with Gasteiger partial charge in [-0.2, -0.15) is 11.8 Å². The number of hydrogen-bond acceptors (Lipinski definition) is 4. The zero-order valence-electron chi connectivity index (χ0n) is 16.9. The van der Waals surface area contributed by atoms with E-state index in [0.717, 1.165) is 37.4 Å². The molecule has 29 heavy (non-hydrogen) atoms. The van der Waals surface area contributed by atoms with E-state index in [4.69, 9.17) is 0 Å². The van der Waals surface area contributed by atoms with Gasteiger partial charge in [-0.25, -0.2) is 4.39 Å². The number of thioether (sulfide) groups is 1. The largest absolute Gasteiger partial charge is 0.340 e. The fourth-order valence-corrected chi connectivity index (χ4v) is 5.81. The van der Waals surface area contributed by atoms with E-state index in [2.05, 4.69) is 9.80 Å². The Labute approximate surface area is 176 Å². The van der Waals surface area contributed by atoms with Gasteiger partial charge in [0.15, 0.2) is 0 Å². The van der Waals surface area contributed by atoms with Crippen LogP contribution >= 0.6 is 11.8 Å². The molecule has 7 heteroatoms. The lowest BCUT2D eigenvalue weighted by Gasteiger charge is -2.43. The summed E-state index contributed by atoms with van der Waals surface area (Å²) in [7, 11) is 0. The van der Waals surface area contributed by atoms with E-state index in [9.17, 15) is 14.0 Å². The third-order valence-corrected chi connectivity index (χ3v) is 7.46. The van der Waals surface area contributed by atoms with Crippen LogP contribution in [0.3, 0.4) is 0 Å². The number of hydrogen-bond donors (Lipinski definition) is 0. The Morgan fingerprint density at radius 1 is 0.931 bits per heavy atom.